The first-order valence-electron chi connectivity index (χ1n) is 7.66. The maximum absolute atomic E-state index is 13.5. The Morgan fingerprint density at radius 1 is 1.12 bits per heavy atom. The van der Waals surface area contributed by atoms with Crippen molar-refractivity contribution in [1.29, 1.82) is 0 Å². The molecule has 2 aromatic carbocycles. The Morgan fingerprint density at radius 3 is 2.60 bits per heavy atom. The number of esters is 1. The standard InChI is InChI=1S/C18H17FO4S2/c1-21-16-10-12(18-24-8-9-25-18)6-7-15(16)23-17(20)11-22-14-5-3-2-4-13(14)19/h2-7,10,18H,8-9,11H2,1H3. The van der Waals surface area contributed by atoms with Crippen LogP contribution in [0, 0.1) is 5.82 Å². The van der Waals surface area contributed by atoms with Gasteiger partial charge in [-0.15, -0.1) is 23.5 Å². The van der Waals surface area contributed by atoms with Gasteiger partial charge < -0.3 is 14.2 Å². The minimum absolute atomic E-state index is 0.0112. The number of hydrogen-bond acceptors (Lipinski definition) is 6. The first-order valence-corrected chi connectivity index (χ1v) is 9.76. The van der Waals surface area contributed by atoms with Gasteiger partial charge in [-0.05, 0) is 29.8 Å². The predicted molar refractivity (Wildman–Crippen MR) is 98.2 cm³/mol. The van der Waals surface area contributed by atoms with Gasteiger partial charge in [-0.1, -0.05) is 18.2 Å². The molecular formula is C18H17FO4S2. The van der Waals surface area contributed by atoms with Gasteiger partial charge in [-0.25, -0.2) is 9.18 Å². The van der Waals surface area contributed by atoms with Gasteiger partial charge in [-0.3, -0.25) is 0 Å². The largest absolute Gasteiger partial charge is 0.493 e. The summed E-state index contributed by atoms with van der Waals surface area (Å²) in [5, 5.41) is 0. The summed E-state index contributed by atoms with van der Waals surface area (Å²) < 4.78 is 29.6. The van der Waals surface area contributed by atoms with Crippen LogP contribution in [0.25, 0.3) is 0 Å². The van der Waals surface area contributed by atoms with Crippen LogP contribution in [0.3, 0.4) is 0 Å². The van der Waals surface area contributed by atoms with Gasteiger partial charge in [0.05, 0.1) is 11.7 Å². The molecule has 1 fully saturated rings. The summed E-state index contributed by atoms with van der Waals surface area (Å²) in [6.45, 7) is -0.389. The van der Waals surface area contributed by atoms with Crippen molar-refractivity contribution in [1.82, 2.24) is 0 Å². The molecule has 0 radical (unpaired) electrons. The van der Waals surface area contributed by atoms with E-state index in [0.717, 1.165) is 17.1 Å². The van der Waals surface area contributed by atoms with Crippen molar-refractivity contribution in [3.05, 3.63) is 53.8 Å². The maximum Gasteiger partial charge on any atom is 0.349 e. The van der Waals surface area contributed by atoms with Crippen LogP contribution in [0.4, 0.5) is 4.39 Å². The van der Waals surface area contributed by atoms with Crippen molar-refractivity contribution in [3.8, 4) is 17.2 Å². The van der Waals surface area contributed by atoms with Crippen LogP contribution in [0.1, 0.15) is 10.1 Å². The molecular weight excluding hydrogens is 363 g/mol. The summed E-state index contributed by atoms with van der Waals surface area (Å²) >= 11 is 3.77. The molecule has 0 saturated carbocycles. The van der Waals surface area contributed by atoms with Crippen molar-refractivity contribution >= 4 is 29.5 Å². The van der Waals surface area contributed by atoms with Gasteiger partial charge in [0.1, 0.15) is 0 Å². The van der Waals surface area contributed by atoms with Crippen molar-refractivity contribution < 1.29 is 23.4 Å². The Labute approximate surface area is 154 Å². The number of halogens is 1. The molecule has 0 amide bonds. The number of carbonyl (C=O) groups excluding carboxylic acids is 1. The number of para-hydroxylation sites is 1. The second-order valence-electron chi connectivity index (χ2n) is 5.18. The van der Waals surface area contributed by atoms with Crippen molar-refractivity contribution in [2.45, 2.75) is 4.58 Å². The molecule has 1 aliphatic heterocycles. The lowest BCUT2D eigenvalue weighted by Crippen LogP contribution is -2.18. The van der Waals surface area contributed by atoms with E-state index in [0.29, 0.717) is 16.1 Å². The van der Waals surface area contributed by atoms with E-state index in [-0.39, 0.29) is 12.4 Å². The lowest BCUT2D eigenvalue weighted by atomic mass is 10.2. The summed E-state index contributed by atoms with van der Waals surface area (Å²) in [6.07, 6.45) is 0. The Bertz CT molecular complexity index is 748. The Balaban J connectivity index is 1.63. The maximum atomic E-state index is 13.5. The topological polar surface area (TPSA) is 44.8 Å². The van der Waals surface area contributed by atoms with Crippen LogP contribution in [0.2, 0.25) is 0 Å². The number of carbonyl (C=O) groups is 1. The summed E-state index contributed by atoms with van der Waals surface area (Å²) in [5.41, 5.74) is 1.13. The van der Waals surface area contributed by atoms with E-state index >= 15 is 0 Å². The van der Waals surface area contributed by atoms with E-state index in [4.69, 9.17) is 14.2 Å². The monoisotopic (exact) mass is 380 g/mol. The molecule has 3 rings (SSSR count). The van der Waals surface area contributed by atoms with E-state index in [1.807, 2.05) is 35.7 Å². The number of benzene rings is 2. The molecule has 25 heavy (non-hydrogen) atoms. The van der Waals surface area contributed by atoms with Crippen molar-refractivity contribution in [3.63, 3.8) is 0 Å². The third-order valence-corrected chi connectivity index (χ3v) is 6.59. The van der Waals surface area contributed by atoms with Crippen LogP contribution < -0.4 is 14.2 Å². The van der Waals surface area contributed by atoms with E-state index in [2.05, 4.69) is 0 Å². The van der Waals surface area contributed by atoms with Crippen molar-refractivity contribution in [2.24, 2.45) is 0 Å². The van der Waals surface area contributed by atoms with Gasteiger partial charge >= 0.3 is 5.97 Å². The van der Waals surface area contributed by atoms with Gasteiger partial charge in [0.2, 0.25) is 0 Å². The molecule has 4 nitrogen and oxygen atoms in total. The minimum atomic E-state index is -0.626. The number of methoxy groups -OCH3 is 1. The van der Waals surface area contributed by atoms with E-state index < -0.39 is 11.8 Å². The summed E-state index contributed by atoms with van der Waals surface area (Å²) in [5.74, 6) is 1.93. The van der Waals surface area contributed by atoms with E-state index in [1.54, 1.807) is 18.2 Å². The molecule has 7 heteroatoms. The second-order valence-corrected chi connectivity index (χ2v) is 7.90. The molecule has 1 saturated heterocycles. The predicted octanol–water partition coefficient (Wildman–Crippen LogP) is 4.30. The third-order valence-electron chi connectivity index (χ3n) is 3.49. The van der Waals surface area contributed by atoms with Gasteiger partial charge in [-0.2, -0.15) is 0 Å². The quantitative estimate of drug-likeness (QED) is 0.550. The molecule has 0 N–H and O–H groups in total. The van der Waals surface area contributed by atoms with Gasteiger partial charge in [0.25, 0.3) is 0 Å². The summed E-state index contributed by atoms with van der Waals surface area (Å²) in [4.78, 5) is 12.0. The highest BCUT2D eigenvalue weighted by molar-refractivity contribution is 8.19. The van der Waals surface area contributed by atoms with Crippen molar-refractivity contribution in [2.75, 3.05) is 25.2 Å². The average Bonchev–Trinajstić information content (AvgIpc) is 3.16. The fourth-order valence-electron chi connectivity index (χ4n) is 2.32. The number of rotatable bonds is 6. The lowest BCUT2D eigenvalue weighted by molar-refractivity contribution is -0.136. The molecule has 1 heterocycles. The molecule has 0 unspecified atom stereocenters. The first kappa shape index (κ1) is 17.9. The summed E-state index contributed by atoms with van der Waals surface area (Å²) in [6, 6.07) is 11.4. The number of thioether (sulfide) groups is 2. The molecule has 0 spiro atoms. The zero-order valence-electron chi connectivity index (χ0n) is 13.6. The molecule has 0 aliphatic carbocycles. The van der Waals surface area contributed by atoms with E-state index in [9.17, 15) is 9.18 Å². The number of ether oxygens (including phenoxy) is 3. The molecule has 132 valence electrons. The average molecular weight is 380 g/mol. The van der Waals surface area contributed by atoms with E-state index in [1.165, 1.54) is 19.2 Å². The molecule has 0 aromatic heterocycles. The molecule has 0 bridgehead atoms. The molecule has 1 aliphatic rings. The minimum Gasteiger partial charge on any atom is -0.493 e. The van der Waals surface area contributed by atoms with Crippen LogP contribution >= 0.6 is 23.5 Å². The van der Waals surface area contributed by atoms with Crippen LogP contribution in [0.5, 0.6) is 17.2 Å². The lowest BCUT2D eigenvalue weighted by Gasteiger charge is -2.14. The highest BCUT2D eigenvalue weighted by atomic mass is 32.2. The highest BCUT2D eigenvalue weighted by Gasteiger charge is 2.20. The van der Waals surface area contributed by atoms with Gasteiger partial charge in [0.15, 0.2) is 29.7 Å². The van der Waals surface area contributed by atoms with Crippen LogP contribution in [0.15, 0.2) is 42.5 Å². The Hall–Kier alpha value is -1.86. The fraction of sp³-hybridized carbons (Fsp3) is 0.278. The zero-order chi connectivity index (χ0) is 17.6. The zero-order valence-corrected chi connectivity index (χ0v) is 15.2. The Kier molecular flexibility index (Phi) is 6.09. The Morgan fingerprint density at radius 2 is 1.88 bits per heavy atom. The fourth-order valence-corrected chi connectivity index (χ4v) is 5.15. The normalized spacial score (nSPS) is 14.3. The first-order chi connectivity index (χ1) is 12.2. The second kappa shape index (κ2) is 8.49. The molecule has 0 atom stereocenters. The van der Waals surface area contributed by atoms with Crippen LogP contribution in [-0.4, -0.2) is 31.2 Å². The molecule has 2 aromatic rings. The number of hydrogen-bond donors (Lipinski definition) is 0. The SMILES string of the molecule is COc1cc(C2SCCS2)ccc1OC(=O)COc1ccccc1F. The summed E-state index contributed by atoms with van der Waals surface area (Å²) in [7, 11) is 1.53. The third kappa shape index (κ3) is 4.61. The van der Waals surface area contributed by atoms with Crippen LogP contribution in [-0.2, 0) is 4.79 Å². The van der Waals surface area contributed by atoms with Gasteiger partial charge in [0, 0.05) is 11.5 Å². The smallest absolute Gasteiger partial charge is 0.349 e. The highest BCUT2D eigenvalue weighted by Crippen LogP contribution is 2.46.